The summed E-state index contributed by atoms with van der Waals surface area (Å²) in [5.74, 6) is -0.909. The van der Waals surface area contributed by atoms with Crippen LogP contribution in [-0.2, 0) is 6.18 Å². The molecule has 0 atom stereocenters. The summed E-state index contributed by atoms with van der Waals surface area (Å²) in [6.45, 7) is 0. The highest BCUT2D eigenvalue weighted by Crippen LogP contribution is 2.34. The van der Waals surface area contributed by atoms with Crippen molar-refractivity contribution in [3.8, 4) is 11.5 Å². The van der Waals surface area contributed by atoms with E-state index in [0.717, 1.165) is 0 Å². The van der Waals surface area contributed by atoms with Gasteiger partial charge in [0.2, 0.25) is 5.75 Å². The number of halogens is 4. The van der Waals surface area contributed by atoms with E-state index < -0.39 is 23.2 Å². The molecule has 0 aliphatic heterocycles. The largest absolute Gasteiger partial charge is 0.449 e. The topological polar surface area (TPSA) is 55.0 Å². The second kappa shape index (κ2) is 4.93. The van der Waals surface area contributed by atoms with Crippen LogP contribution in [0.4, 0.5) is 13.2 Å². The molecule has 1 heterocycles. The Morgan fingerprint density at radius 3 is 2.68 bits per heavy atom. The summed E-state index contributed by atoms with van der Waals surface area (Å²) in [6, 6.07) is 5.66. The van der Waals surface area contributed by atoms with Crippen molar-refractivity contribution in [2.45, 2.75) is 6.18 Å². The van der Waals surface area contributed by atoms with Crippen LogP contribution in [-0.4, -0.2) is 9.97 Å². The quantitative estimate of drug-likeness (QED) is 0.924. The number of aromatic nitrogens is 2. The molecule has 0 amide bonds. The molecule has 2 aromatic rings. The third kappa shape index (κ3) is 3.05. The zero-order valence-corrected chi connectivity index (χ0v) is 9.92. The number of ether oxygens (including phenoxy) is 1. The van der Waals surface area contributed by atoms with Crippen molar-refractivity contribution >= 4 is 11.6 Å². The van der Waals surface area contributed by atoms with E-state index in [9.17, 15) is 18.0 Å². The minimum Gasteiger partial charge on any atom is -0.449 e. The molecule has 0 aliphatic carbocycles. The number of rotatable bonds is 2. The maximum absolute atomic E-state index is 12.7. The summed E-state index contributed by atoms with van der Waals surface area (Å²) in [5.41, 5.74) is -2.42. The van der Waals surface area contributed by atoms with Gasteiger partial charge in [-0.05, 0) is 18.2 Å². The van der Waals surface area contributed by atoms with Gasteiger partial charge >= 0.3 is 6.18 Å². The number of hydrogen-bond acceptors (Lipinski definition) is 3. The molecule has 0 saturated carbocycles. The molecule has 0 unspecified atom stereocenters. The molecule has 0 spiro atoms. The first kappa shape index (κ1) is 13.4. The molecule has 0 bridgehead atoms. The highest BCUT2D eigenvalue weighted by atomic mass is 35.5. The molecule has 1 aromatic carbocycles. The number of nitrogens with zero attached hydrogens (tertiary/aromatic N) is 1. The van der Waals surface area contributed by atoms with E-state index >= 15 is 0 Å². The molecular formula is C11H6ClF3N2O2. The average molecular weight is 291 g/mol. The number of hydrogen-bond donors (Lipinski definition) is 1. The first-order valence-electron chi connectivity index (χ1n) is 4.96. The highest BCUT2D eigenvalue weighted by molar-refractivity contribution is 6.30. The summed E-state index contributed by atoms with van der Waals surface area (Å²) in [4.78, 5) is 16.5. The maximum Gasteiger partial charge on any atom is 0.437 e. The smallest absolute Gasteiger partial charge is 0.437 e. The minimum absolute atomic E-state index is 0.0106. The van der Waals surface area contributed by atoms with Gasteiger partial charge in [-0.25, -0.2) is 4.98 Å². The van der Waals surface area contributed by atoms with E-state index in [0.29, 0.717) is 6.33 Å². The highest BCUT2D eigenvalue weighted by Gasteiger charge is 2.38. The van der Waals surface area contributed by atoms with Crippen LogP contribution in [0.1, 0.15) is 5.69 Å². The van der Waals surface area contributed by atoms with Gasteiger partial charge < -0.3 is 9.72 Å². The van der Waals surface area contributed by atoms with Crippen LogP contribution >= 0.6 is 11.6 Å². The van der Waals surface area contributed by atoms with Gasteiger partial charge in [0.25, 0.3) is 5.56 Å². The zero-order chi connectivity index (χ0) is 14.0. The van der Waals surface area contributed by atoms with Gasteiger partial charge in [-0.2, -0.15) is 13.2 Å². The van der Waals surface area contributed by atoms with Crippen LogP contribution in [0.15, 0.2) is 35.4 Å². The van der Waals surface area contributed by atoms with E-state index in [2.05, 4.69) is 4.98 Å². The molecule has 1 N–H and O–H groups in total. The lowest BCUT2D eigenvalue weighted by Crippen LogP contribution is -2.18. The van der Waals surface area contributed by atoms with Crippen molar-refractivity contribution in [1.29, 1.82) is 0 Å². The van der Waals surface area contributed by atoms with Crippen molar-refractivity contribution in [3.63, 3.8) is 0 Å². The first-order valence-corrected chi connectivity index (χ1v) is 5.34. The van der Waals surface area contributed by atoms with Gasteiger partial charge in [0.1, 0.15) is 5.75 Å². The normalized spacial score (nSPS) is 11.4. The third-order valence-corrected chi connectivity index (χ3v) is 2.33. The molecule has 100 valence electrons. The molecule has 0 fully saturated rings. The summed E-state index contributed by atoms with van der Waals surface area (Å²) in [6.07, 6.45) is -4.13. The Hall–Kier alpha value is -2.02. The number of nitrogens with one attached hydrogen (secondary N) is 1. The third-order valence-electron chi connectivity index (χ3n) is 2.10. The van der Waals surface area contributed by atoms with E-state index in [4.69, 9.17) is 16.3 Å². The van der Waals surface area contributed by atoms with Crippen molar-refractivity contribution < 1.29 is 17.9 Å². The van der Waals surface area contributed by atoms with Crippen LogP contribution in [0.3, 0.4) is 0 Å². The Bertz CT molecular complexity index is 655. The van der Waals surface area contributed by atoms with Crippen LogP contribution in [0.5, 0.6) is 11.5 Å². The molecule has 8 heteroatoms. The maximum atomic E-state index is 12.7. The van der Waals surface area contributed by atoms with Crippen molar-refractivity contribution in [2.24, 2.45) is 0 Å². The zero-order valence-electron chi connectivity index (χ0n) is 9.16. The Kier molecular flexibility index (Phi) is 3.48. The van der Waals surface area contributed by atoms with Crippen molar-refractivity contribution in [3.05, 3.63) is 51.7 Å². The molecule has 0 saturated heterocycles. The predicted molar refractivity (Wildman–Crippen MR) is 61.4 cm³/mol. The van der Waals surface area contributed by atoms with Crippen LogP contribution in [0, 0.1) is 0 Å². The van der Waals surface area contributed by atoms with Crippen molar-refractivity contribution in [2.75, 3.05) is 0 Å². The van der Waals surface area contributed by atoms with Crippen LogP contribution < -0.4 is 10.3 Å². The lowest BCUT2D eigenvalue weighted by atomic mass is 10.3. The number of benzene rings is 1. The van der Waals surface area contributed by atoms with E-state index in [-0.39, 0.29) is 10.8 Å². The Labute approximate surface area is 109 Å². The lowest BCUT2D eigenvalue weighted by Gasteiger charge is -2.11. The van der Waals surface area contributed by atoms with Gasteiger partial charge in [0.15, 0.2) is 5.69 Å². The fourth-order valence-corrected chi connectivity index (χ4v) is 1.51. The van der Waals surface area contributed by atoms with Gasteiger partial charge in [0.05, 0.1) is 6.33 Å². The molecule has 0 aliphatic rings. The molecule has 0 radical (unpaired) electrons. The summed E-state index contributed by atoms with van der Waals surface area (Å²) >= 11 is 5.68. The Balaban J connectivity index is 2.48. The van der Waals surface area contributed by atoms with E-state index in [1.54, 1.807) is 0 Å². The molecule has 2 rings (SSSR count). The van der Waals surface area contributed by atoms with Gasteiger partial charge in [-0.1, -0.05) is 17.7 Å². The SMILES string of the molecule is O=c1[nH]cnc(C(F)(F)F)c1Oc1cccc(Cl)c1. The van der Waals surface area contributed by atoms with Gasteiger partial charge in [0, 0.05) is 5.02 Å². The summed E-state index contributed by atoms with van der Waals surface area (Å²) < 4.78 is 43.0. The molecular weight excluding hydrogens is 285 g/mol. The number of alkyl halides is 3. The van der Waals surface area contributed by atoms with Crippen molar-refractivity contribution in [1.82, 2.24) is 9.97 Å². The van der Waals surface area contributed by atoms with E-state index in [1.807, 2.05) is 4.98 Å². The van der Waals surface area contributed by atoms with E-state index in [1.165, 1.54) is 24.3 Å². The van der Waals surface area contributed by atoms with Crippen LogP contribution in [0.25, 0.3) is 0 Å². The predicted octanol–water partition coefficient (Wildman–Crippen LogP) is 3.23. The lowest BCUT2D eigenvalue weighted by molar-refractivity contribution is -0.142. The Morgan fingerprint density at radius 2 is 2.05 bits per heavy atom. The number of aromatic amines is 1. The molecule has 1 aromatic heterocycles. The molecule has 4 nitrogen and oxygen atoms in total. The standard InChI is InChI=1S/C11H6ClF3N2O2/c12-6-2-1-3-7(4-6)19-8-9(11(13,14)15)16-5-17-10(8)18/h1-5H,(H,16,17,18). The second-order valence-corrected chi connectivity index (χ2v) is 3.90. The molecule has 19 heavy (non-hydrogen) atoms. The first-order chi connectivity index (χ1) is 8.88. The second-order valence-electron chi connectivity index (χ2n) is 3.47. The fraction of sp³-hybridized carbons (Fsp3) is 0.0909. The Morgan fingerprint density at radius 1 is 1.32 bits per heavy atom. The summed E-state index contributed by atoms with van der Waals surface area (Å²) in [5, 5.41) is 0.270. The van der Waals surface area contributed by atoms with Gasteiger partial charge in [-0.3, -0.25) is 4.79 Å². The fourth-order valence-electron chi connectivity index (χ4n) is 1.33. The minimum atomic E-state index is -4.79. The average Bonchev–Trinajstić information content (AvgIpc) is 2.30. The van der Waals surface area contributed by atoms with Crippen LogP contribution in [0.2, 0.25) is 5.02 Å². The summed E-state index contributed by atoms with van der Waals surface area (Å²) in [7, 11) is 0. The monoisotopic (exact) mass is 290 g/mol. The number of H-pyrrole nitrogens is 1. The van der Waals surface area contributed by atoms with Gasteiger partial charge in [-0.15, -0.1) is 0 Å².